The number of carbonyl (C=O) groups is 2. The van der Waals surface area contributed by atoms with E-state index in [-0.39, 0.29) is 5.15 Å². The van der Waals surface area contributed by atoms with E-state index in [1.54, 1.807) is 12.2 Å². The van der Waals surface area contributed by atoms with Crippen LogP contribution in [0.15, 0.2) is 30.3 Å². The molecule has 1 heterocycles. The van der Waals surface area contributed by atoms with Gasteiger partial charge in [-0.15, -0.1) is 0 Å². The first kappa shape index (κ1) is 21.4. The Hall–Kier alpha value is -2.88. The maximum atomic E-state index is 13.0. The van der Waals surface area contributed by atoms with Crippen LogP contribution < -0.4 is 5.32 Å². The van der Waals surface area contributed by atoms with Gasteiger partial charge in [0.2, 0.25) is 0 Å². The first-order valence-electron chi connectivity index (χ1n) is 7.76. The lowest BCUT2D eigenvalue weighted by atomic mass is 10.2. The molecule has 2 aromatic rings. The van der Waals surface area contributed by atoms with Crippen LogP contribution in [0.25, 0.3) is 11.8 Å². The van der Waals surface area contributed by atoms with Crippen LogP contribution >= 0.6 is 11.6 Å². The Morgan fingerprint density at radius 2 is 1.93 bits per heavy atom. The van der Waals surface area contributed by atoms with Crippen LogP contribution in [-0.4, -0.2) is 41.0 Å². The number of benzene rings is 1. The monoisotopic (exact) mass is 419 g/mol. The van der Waals surface area contributed by atoms with Crippen LogP contribution in [0.4, 0.5) is 17.6 Å². The van der Waals surface area contributed by atoms with E-state index in [9.17, 15) is 27.2 Å². The summed E-state index contributed by atoms with van der Waals surface area (Å²) in [5.41, 5.74) is 1.34. The van der Waals surface area contributed by atoms with Gasteiger partial charge in [0.15, 0.2) is 6.61 Å². The predicted octanol–water partition coefficient (Wildman–Crippen LogP) is 3.21. The molecule has 2 rings (SSSR count). The van der Waals surface area contributed by atoms with Crippen molar-refractivity contribution in [3.63, 3.8) is 0 Å². The van der Waals surface area contributed by atoms with Gasteiger partial charge < -0.3 is 10.1 Å². The second-order valence-electron chi connectivity index (χ2n) is 5.51. The largest absolute Gasteiger partial charge is 0.452 e. The lowest BCUT2D eigenvalue weighted by Gasteiger charge is -2.07. The van der Waals surface area contributed by atoms with Crippen molar-refractivity contribution in [2.24, 2.45) is 0 Å². The fraction of sp³-hybridized carbons (Fsp3) is 0.235. The molecule has 0 unspecified atom stereocenters. The summed E-state index contributed by atoms with van der Waals surface area (Å²) >= 11 is 6.23. The summed E-state index contributed by atoms with van der Waals surface area (Å²) in [6.07, 6.45) is -2.30. The molecule has 150 valence electrons. The number of hydrogen-bond donors (Lipinski definition) is 1. The van der Waals surface area contributed by atoms with Gasteiger partial charge in [-0.25, -0.2) is 13.9 Å². The first-order valence-corrected chi connectivity index (χ1v) is 8.14. The molecule has 1 amide bonds. The standard InChI is InChI=1S/C17H14ClF4N3O3/c1-10-13(16(18)25(24-10)12-4-2-11(19)3-5-12)6-7-15(27)28-8-14(26)23-9-17(20,21)22/h2-7H,8-9H2,1H3,(H,23,26)/b7-6+. The predicted molar refractivity (Wildman–Crippen MR) is 92.3 cm³/mol. The number of esters is 1. The van der Waals surface area contributed by atoms with E-state index in [0.717, 1.165) is 6.08 Å². The molecule has 0 aliphatic rings. The maximum absolute atomic E-state index is 13.0. The minimum atomic E-state index is -4.56. The van der Waals surface area contributed by atoms with E-state index in [4.69, 9.17) is 11.6 Å². The number of nitrogens with one attached hydrogen (secondary N) is 1. The summed E-state index contributed by atoms with van der Waals surface area (Å²) in [6, 6.07) is 5.41. The lowest BCUT2D eigenvalue weighted by Crippen LogP contribution is -2.36. The molecule has 0 aliphatic carbocycles. The van der Waals surface area contributed by atoms with Crippen molar-refractivity contribution in [2.75, 3.05) is 13.2 Å². The number of hydrogen-bond acceptors (Lipinski definition) is 4. The Kier molecular flexibility index (Phi) is 6.79. The van der Waals surface area contributed by atoms with Gasteiger partial charge in [-0.2, -0.15) is 18.3 Å². The third-order valence-corrected chi connectivity index (χ3v) is 3.70. The molecule has 1 aromatic carbocycles. The van der Waals surface area contributed by atoms with Crippen LogP contribution in [0.5, 0.6) is 0 Å². The summed E-state index contributed by atoms with van der Waals surface area (Å²) in [5.74, 6) is -2.46. The van der Waals surface area contributed by atoms with Gasteiger partial charge in [0.1, 0.15) is 17.5 Å². The molecule has 0 spiro atoms. The van der Waals surface area contributed by atoms with Crippen LogP contribution in [0.2, 0.25) is 5.15 Å². The second-order valence-corrected chi connectivity index (χ2v) is 5.87. The summed E-state index contributed by atoms with van der Waals surface area (Å²) in [5, 5.41) is 5.92. The summed E-state index contributed by atoms with van der Waals surface area (Å²) in [6.45, 7) is -0.751. The maximum Gasteiger partial charge on any atom is 0.405 e. The number of alkyl halides is 3. The zero-order valence-corrected chi connectivity index (χ0v) is 15.1. The molecule has 6 nitrogen and oxygen atoms in total. The Morgan fingerprint density at radius 3 is 2.54 bits per heavy atom. The van der Waals surface area contributed by atoms with E-state index in [0.29, 0.717) is 16.9 Å². The summed E-state index contributed by atoms with van der Waals surface area (Å²) in [7, 11) is 0. The highest BCUT2D eigenvalue weighted by Gasteiger charge is 2.27. The molecule has 11 heteroatoms. The Morgan fingerprint density at radius 1 is 1.29 bits per heavy atom. The summed E-state index contributed by atoms with van der Waals surface area (Å²) in [4.78, 5) is 22.8. The van der Waals surface area contributed by atoms with E-state index in [1.807, 2.05) is 0 Å². The molecule has 0 radical (unpaired) electrons. The molecule has 0 saturated carbocycles. The van der Waals surface area contributed by atoms with Crippen molar-refractivity contribution in [3.8, 4) is 5.69 Å². The van der Waals surface area contributed by atoms with Gasteiger partial charge in [-0.3, -0.25) is 4.79 Å². The number of nitrogens with zero attached hydrogens (tertiary/aromatic N) is 2. The number of halogens is 5. The number of amides is 1. The number of rotatable bonds is 6. The molecule has 28 heavy (non-hydrogen) atoms. The Balaban J connectivity index is 1.99. The van der Waals surface area contributed by atoms with Crippen molar-refractivity contribution < 1.29 is 31.9 Å². The van der Waals surface area contributed by atoms with Gasteiger partial charge in [0, 0.05) is 11.6 Å². The molecule has 0 aliphatic heterocycles. The molecular weight excluding hydrogens is 406 g/mol. The van der Waals surface area contributed by atoms with Crippen molar-refractivity contribution in [1.82, 2.24) is 15.1 Å². The fourth-order valence-corrected chi connectivity index (χ4v) is 2.38. The van der Waals surface area contributed by atoms with Crippen LogP contribution in [-0.2, 0) is 14.3 Å². The smallest absolute Gasteiger partial charge is 0.405 e. The average Bonchev–Trinajstić information content (AvgIpc) is 2.90. The number of aryl methyl sites for hydroxylation is 1. The van der Waals surface area contributed by atoms with Crippen LogP contribution in [0, 0.1) is 12.7 Å². The summed E-state index contributed by atoms with van der Waals surface area (Å²) < 4.78 is 54.8. The van der Waals surface area contributed by atoms with E-state index >= 15 is 0 Å². The van der Waals surface area contributed by atoms with E-state index in [2.05, 4.69) is 9.84 Å². The first-order chi connectivity index (χ1) is 13.1. The minimum absolute atomic E-state index is 0.149. The molecule has 0 saturated heterocycles. The van der Waals surface area contributed by atoms with Gasteiger partial charge in [0.25, 0.3) is 5.91 Å². The van der Waals surface area contributed by atoms with Crippen molar-refractivity contribution >= 4 is 29.6 Å². The third kappa shape index (κ3) is 6.08. The molecule has 0 fully saturated rings. The Bertz CT molecular complexity index is 892. The minimum Gasteiger partial charge on any atom is -0.452 e. The lowest BCUT2D eigenvalue weighted by molar-refractivity contribution is -0.148. The fourth-order valence-electron chi connectivity index (χ4n) is 2.04. The topological polar surface area (TPSA) is 73.2 Å². The third-order valence-electron chi connectivity index (χ3n) is 3.34. The number of aromatic nitrogens is 2. The highest BCUT2D eigenvalue weighted by molar-refractivity contribution is 6.31. The molecule has 1 aromatic heterocycles. The molecule has 0 bridgehead atoms. The number of carbonyl (C=O) groups excluding carboxylic acids is 2. The average molecular weight is 420 g/mol. The van der Waals surface area contributed by atoms with Gasteiger partial charge in [-0.05, 0) is 37.3 Å². The normalized spacial score (nSPS) is 11.6. The second kappa shape index (κ2) is 8.87. The quantitative estimate of drug-likeness (QED) is 0.443. The zero-order chi connectivity index (χ0) is 20.9. The van der Waals surface area contributed by atoms with Crippen LogP contribution in [0.1, 0.15) is 11.3 Å². The number of ether oxygens (including phenoxy) is 1. The van der Waals surface area contributed by atoms with Crippen LogP contribution in [0.3, 0.4) is 0 Å². The Labute approximate surface area is 161 Å². The molecular formula is C17H14ClF4N3O3. The van der Waals surface area contributed by atoms with Gasteiger partial charge in [0.05, 0.1) is 11.4 Å². The highest BCUT2D eigenvalue weighted by Crippen LogP contribution is 2.24. The van der Waals surface area contributed by atoms with E-state index in [1.165, 1.54) is 35.0 Å². The molecule has 0 atom stereocenters. The highest BCUT2D eigenvalue weighted by atomic mass is 35.5. The molecule has 1 N–H and O–H groups in total. The zero-order valence-electron chi connectivity index (χ0n) is 14.4. The van der Waals surface area contributed by atoms with Crippen molar-refractivity contribution in [3.05, 3.63) is 52.6 Å². The van der Waals surface area contributed by atoms with E-state index < -0.39 is 37.0 Å². The van der Waals surface area contributed by atoms with Gasteiger partial charge >= 0.3 is 12.1 Å². The SMILES string of the molecule is Cc1nn(-c2ccc(F)cc2)c(Cl)c1/C=C/C(=O)OCC(=O)NCC(F)(F)F. The van der Waals surface area contributed by atoms with Gasteiger partial charge in [-0.1, -0.05) is 11.6 Å². The van der Waals surface area contributed by atoms with Crippen molar-refractivity contribution in [2.45, 2.75) is 13.1 Å². The van der Waals surface area contributed by atoms with Crippen molar-refractivity contribution in [1.29, 1.82) is 0 Å².